The monoisotopic (exact) mass is 262 g/mol. The lowest BCUT2D eigenvalue weighted by Gasteiger charge is -2.11. The highest BCUT2D eigenvalue weighted by molar-refractivity contribution is 5.97. The average Bonchev–Trinajstić information content (AvgIpc) is 2.27. The number of carbonyl (C=O) groups is 1. The maximum atomic E-state index is 11.9. The van der Waals surface area contributed by atoms with Crippen LogP contribution in [-0.4, -0.2) is 25.7 Å². The summed E-state index contributed by atoms with van der Waals surface area (Å²) < 4.78 is 40.7. The normalized spacial score (nSPS) is 11.1. The van der Waals surface area contributed by atoms with E-state index in [1.165, 1.54) is 25.3 Å². The number of hydrogen-bond donors (Lipinski definition) is 2. The van der Waals surface area contributed by atoms with Gasteiger partial charge in [0.2, 0.25) is 0 Å². The van der Waals surface area contributed by atoms with Crippen LogP contribution in [0.1, 0.15) is 16.8 Å². The zero-order chi connectivity index (χ0) is 13.8. The number of alkyl halides is 3. The largest absolute Gasteiger partial charge is 0.496 e. The van der Waals surface area contributed by atoms with Crippen LogP contribution < -0.4 is 15.8 Å². The number of nitrogen functional groups attached to an aromatic ring is 1. The maximum absolute atomic E-state index is 11.9. The summed E-state index contributed by atoms with van der Waals surface area (Å²) in [5.41, 5.74) is 5.94. The zero-order valence-electron chi connectivity index (χ0n) is 9.67. The molecule has 0 atom stereocenters. The van der Waals surface area contributed by atoms with Crippen molar-refractivity contribution in [2.24, 2.45) is 0 Å². The second-order valence-corrected chi connectivity index (χ2v) is 3.58. The molecule has 3 N–H and O–H groups in total. The number of halogens is 3. The Balaban J connectivity index is 2.69. The van der Waals surface area contributed by atoms with Crippen LogP contribution >= 0.6 is 0 Å². The van der Waals surface area contributed by atoms with Crippen LogP contribution in [-0.2, 0) is 0 Å². The predicted molar refractivity (Wildman–Crippen MR) is 60.4 cm³/mol. The number of nitrogens with two attached hydrogens (primary N) is 1. The van der Waals surface area contributed by atoms with Gasteiger partial charge in [0.15, 0.2) is 0 Å². The first-order valence-electron chi connectivity index (χ1n) is 5.12. The van der Waals surface area contributed by atoms with E-state index in [1.54, 1.807) is 0 Å². The fraction of sp³-hybridized carbons (Fsp3) is 0.364. The number of nitrogens with one attached hydrogen (secondary N) is 1. The summed E-state index contributed by atoms with van der Waals surface area (Å²) in [5, 5.41) is 2.16. The first-order valence-corrected chi connectivity index (χ1v) is 5.12. The highest BCUT2D eigenvalue weighted by Gasteiger charge is 2.26. The van der Waals surface area contributed by atoms with Crippen LogP contribution in [0.3, 0.4) is 0 Å². The smallest absolute Gasteiger partial charge is 0.390 e. The summed E-state index contributed by atoms with van der Waals surface area (Å²) in [6.07, 6.45) is -5.38. The first-order chi connectivity index (χ1) is 8.33. The Bertz CT molecular complexity index is 433. The van der Waals surface area contributed by atoms with Gasteiger partial charge in [-0.15, -0.1) is 0 Å². The Kier molecular flexibility index (Phi) is 4.41. The van der Waals surface area contributed by atoms with Gasteiger partial charge in [0, 0.05) is 12.2 Å². The number of methoxy groups -OCH3 is 1. The molecule has 0 saturated heterocycles. The molecule has 4 nitrogen and oxygen atoms in total. The molecule has 1 rings (SSSR count). The summed E-state index contributed by atoms with van der Waals surface area (Å²) in [6.45, 7) is -0.486. The lowest BCUT2D eigenvalue weighted by molar-refractivity contribution is -0.132. The molecule has 1 aromatic carbocycles. The van der Waals surface area contributed by atoms with E-state index in [0.29, 0.717) is 5.69 Å². The van der Waals surface area contributed by atoms with Crippen LogP contribution in [0.5, 0.6) is 5.75 Å². The van der Waals surface area contributed by atoms with Gasteiger partial charge in [-0.25, -0.2) is 0 Å². The first kappa shape index (κ1) is 14.1. The van der Waals surface area contributed by atoms with Crippen molar-refractivity contribution in [3.63, 3.8) is 0 Å². The molecule has 0 unspecified atom stereocenters. The average molecular weight is 262 g/mol. The van der Waals surface area contributed by atoms with E-state index >= 15 is 0 Å². The third kappa shape index (κ3) is 4.15. The standard InChI is InChI=1S/C11H13F3N2O2/c1-18-9-3-2-7(15)6-8(9)10(17)16-5-4-11(12,13)14/h2-3,6H,4-5,15H2,1H3,(H,16,17). The molecule has 0 saturated carbocycles. The zero-order valence-corrected chi connectivity index (χ0v) is 9.67. The minimum absolute atomic E-state index is 0.111. The van der Waals surface area contributed by atoms with Gasteiger partial charge in [-0.05, 0) is 18.2 Å². The molecule has 18 heavy (non-hydrogen) atoms. The highest BCUT2D eigenvalue weighted by Crippen LogP contribution is 2.21. The Labute approximate surface area is 102 Å². The van der Waals surface area contributed by atoms with Gasteiger partial charge < -0.3 is 15.8 Å². The van der Waals surface area contributed by atoms with Gasteiger partial charge in [0.05, 0.1) is 19.1 Å². The number of anilines is 1. The van der Waals surface area contributed by atoms with Crippen molar-refractivity contribution in [1.82, 2.24) is 5.32 Å². The van der Waals surface area contributed by atoms with Gasteiger partial charge >= 0.3 is 6.18 Å². The molecule has 0 aliphatic rings. The molecular formula is C11H13F3N2O2. The molecule has 100 valence electrons. The molecule has 1 aromatic rings. The summed E-state index contributed by atoms with van der Waals surface area (Å²) in [5.74, 6) is -0.392. The SMILES string of the molecule is COc1ccc(N)cc1C(=O)NCCC(F)(F)F. The number of ether oxygens (including phenoxy) is 1. The quantitative estimate of drug-likeness (QED) is 0.815. The van der Waals surface area contributed by atoms with Crippen LogP contribution in [0.2, 0.25) is 0 Å². The fourth-order valence-corrected chi connectivity index (χ4v) is 1.32. The summed E-state index contributed by atoms with van der Waals surface area (Å²) in [4.78, 5) is 11.6. The minimum Gasteiger partial charge on any atom is -0.496 e. The number of amides is 1. The summed E-state index contributed by atoms with van der Waals surface area (Å²) in [6, 6.07) is 4.36. The van der Waals surface area contributed by atoms with E-state index < -0.39 is 25.0 Å². The van der Waals surface area contributed by atoms with Crippen LogP contribution in [0.25, 0.3) is 0 Å². The summed E-state index contributed by atoms with van der Waals surface area (Å²) >= 11 is 0. The van der Waals surface area contributed by atoms with Gasteiger partial charge in [0.1, 0.15) is 5.75 Å². The number of rotatable bonds is 4. The predicted octanol–water partition coefficient (Wildman–Crippen LogP) is 1.96. The second-order valence-electron chi connectivity index (χ2n) is 3.58. The van der Waals surface area contributed by atoms with E-state index in [2.05, 4.69) is 5.32 Å². The topological polar surface area (TPSA) is 64.3 Å². The molecule has 0 aliphatic carbocycles. The van der Waals surface area contributed by atoms with Crippen LogP contribution in [0, 0.1) is 0 Å². The molecule has 7 heteroatoms. The Hall–Kier alpha value is -1.92. The van der Waals surface area contributed by atoms with E-state index in [-0.39, 0.29) is 11.3 Å². The molecule has 0 radical (unpaired) electrons. The van der Waals surface area contributed by atoms with E-state index in [4.69, 9.17) is 10.5 Å². The van der Waals surface area contributed by atoms with E-state index in [1.807, 2.05) is 0 Å². The highest BCUT2D eigenvalue weighted by atomic mass is 19.4. The molecular weight excluding hydrogens is 249 g/mol. The molecule has 0 spiro atoms. The Morgan fingerprint density at radius 2 is 2.11 bits per heavy atom. The number of hydrogen-bond acceptors (Lipinski definition) is 3. The summed E-state index contributed by atoms with van der Waals surface area (Å²) in [7, 11) is 1.36. The molecule has 0 aliphatic heterocycles. The van der Waals surface area contributed by atoms with Gasteiger partial charge in [-0.2, -0.15) is 13.2 Å². The van der Waals surface area contributed by atoms with Gasteiger partial charge in [0.25, 0.3) is 5.91 Å². The van der Waals surface area contributed by atoms with Crippen molar-refractivity contribution in [2.75, 3.05) is 19.4 Å². The van der Waals surface area contributed by atoms with Gasteiger partial charge in [-0.3, -0.25) is 4.79 Å². The van der Waals surface area contributed by atoms with Crippen molar-refractivity contribution in [1.29, 1.82) is 0 Å². The van der Waals surface area contributed by atoms with Crippen molar-refractivity contribution < 1.29 is 22.7 Å². The number of benzene rings is 1. The maximum Gasteiger partial charge on any atom is 0.390 e. The van der Waals surface area contributed by atoms with Crippen molar-refractivity contribution in [3.05, 3.63) is 23.8 Å². The number of carbonyl (C=O) groups excluding carboxylic acids is 1. The van der Waals surface area contributed by atoms with Crippen LogP contribution in [0.15, 0.2) is 18.2 Å². The molecule has 0 heterocycles. The van der Waals surface area contributed by atoms with Crippen molar-refractivity contribution in [2.45, 2.75) is 12.6 Å². The third-order valence-corrected chi connectivity index (χ3v) is 2.16. The lowest BCUT2D eigenvalue weighted by atomic mass is 10.1. The van der Waals surface area contributed by atoms with Crippen molar-refractivity contribution in [3.8, 4) is 5.75 Å². The second kappa shape index (κ2) is 5.61. The molecule has 1 amide bonds. The molecule has 0 aromatic heterocycles. The Morgan fingerprint density at radius 1 is 1.44 bits per heavy atom. The lowest BCUT2D eigenvalue weighted by Crippen LogP contribution is -2.28. The van der Waals surface area contributed by atoms with Gasteiger partial charge in [-0.1, -0.05) is 0 Å². The van der Waals surface area contributed by atoms with E-state index in [0.717, 1.165) is 0 Å². The van der Waals surface area contributed by atoms with E-state index in [9.17, 15) is 18.0 Å². The molecule has 0 bridgehead atoms. The fourth-order valence-electron chi connectivity index (χ4n) is 1.32. The van der Waals surface area contributed by atoms with Crippen molar-refractivity contribution >= 4 is 11.6 Å². The third-order valence-electron chi connectivity index (χ3n) is 2.16. The van der Waals surface area contributed by atoms with Crippen LogP contribution in [0.4, 0.5) is 18.9 Å². The molecule has 0 fully saturated rings. The minimum atomic E-state index is -4.30. The Morgan fingerprint density at radius 3 is 2.67 bits per heavy atom.